The summed E-state index contributed by atoms with van der Waals surface area (Å²) in [6.07, 6.45) is 6.14. The molecule has 5 aromatic carbocycles. The predicted octanol–water partition coefficient (Wildman–Crippen LogP) is 8.86. The van der Waals surface area contributed by atoms with Gasteiger partial charge in [-0.3, -0.25) is 0 Å². The minimum atomic E-state index is -2.67. The van der Waals surface area contributed by atoms with Crippen LogP contribution in [0.15, 0.2) is 156 Å². The molecule has 1 heterocycles. The van der Waals surface area contributed by atoms with Crippen molar-refractivity contribution < 1.29 is 0 Å². The van der Waals surface area contributed by atoms with E-state index in [0.717, 1.165) is 12.8 Å². The number of rotatable bonds is 5. The number of allylic oxidation sites excluding steroid dienone is 4. The zero-order chi connectivity index (χ0) is 32.5. The van der Waals surface area contributed by atoms with E-state index >= 15 is 0 Å². The van der Waals surface area contributed by atoms with Crippen LogP contribution in [0.5, 0.6) is 0 Å². The molecule has 236 valence electrons. The van der Waals surface area contributed by atoms with Crippen LogP contribution >= 0.6 is 0 Å². The van der Waals surface area contributed by atoms with Crippen LogP contribution in [0.2, 0.25) is 0 Å². The smallest absolute Gasteiger partial charge is 0.179 e. The van der Waals surface area contributed by atoms with E-state index in [1.807, 2.05) is 0 Å². The molecule has 6 aromatic rings. The highest BCUT2D eigenvalue weighted by atomic mass is 28.3. The first-order chi connectivity index (χ1) is 23.5. The standard InChI is InChI=1S/C46H43NSi/c1-32-17-15-27-39-40-29-30-41-38-26-13-14-28-42(38)47(45(41)44(40)46(2,3)43(32)39)33-18-16-25-37(31-33)48(34-19-7-4-8-20-34,35-21-9-5-10-22-35)36-23-11-6-12-24-36/h4-14,16,18-26,28,31-32H,15,17,27,29-30H2,1-3H3. The Labute approximate surface area is 286 Å². The van der Waals surface area contributed by atoms with Crippen molar-refractivity contribution in [3.8, 4) is 5.69 Å². The molecule has 0 spiro atoms. The summed E-state index contributed by atoms with van der Waals surface area (Å²) in [6.45, 7) is 7.53. The highest BCUT2D eigenvalue weighted by molar-refractivity contribution is 7.19. The maximum absolute atomic E-state index is 2.67. The highest BCUT2D eigenvalue weighted by Gasteiger charge is 2.47. The number of fused-ring (bicyclic) bond motifs is 5. The van der Waals surface area contributed by atoms with E-state index in [1.165, 1.54) is 67.9 Å². The predicted molar refractivity (Wildman–Crippen MR) is 206 cm³/mol. The summed E-state index contributed by atoms with van der Waals surface area (Å²) in [5.41, 5.74) is 12.3. The van der Waals surface area contributed by atoms with Gasteiger partial charge in [-0.2, -0.15) is 0 Å². The molecule has 0 radical (unpaired) electrons. The van der Waals surface area contributed by atoms with Crippen LogP contribution in [0.25, 0.3) is 22.2 Å². The lowest BCUT2D eigenvalue weighted by atomic mass is 9.70. The van der Waals surface area contributed by atoms with Crippen LogP contribution in [0.1, 0.15) is 57.7 Å². The average molecular weight is 638 g/mol. The fourth-order valence-electron chi connectivity index (χ4n) is 10.1. The molecule has 3 aliphatic carbocycles. The lowest BCUT2D eigenvalue weighted by molar-refractivity contribution is 0.447. The van der Waals surface area contributed by atoms with E-state index in [-0.39, 0.29) is 5.41 Å². The van der Waals surface area contributed by atoms with Crippen molar-refractivity contribution in [3.63, 3.8) is 0 Å². The topological polar surface area (TPSA) is 4.93 Å². The normalized spacial score (nSPS) is 18.5. The minimum absolute atomic E-state index is 0.0278. The van der Waals surface area contributed by atoms with Gasteiger partial charge in [0.2, 0.25) is 0 Å². The van der Waals surface area contributed by atoms with Gasteiger partial charge in [0.15, 0.2) is 8.07 Å². The van der Waals surface area contributed by atoms with E-state index in [2.05, 4.69) is 165 Å². The molecule has 1 aromatic heterocycles. The van der Waals surface area contributed by atoms with E-state index in [0.29, 0.717) is 5.92 Å². The first kappa shape index (κ1) is 29.5. The quantitative estimate of drug-likeness (QED) is 0.131. The lowest BCUT2D eigenvalue weighted by Crippen LogP contribution is -2.74. The number of aryl methyl sites for hydroxylation is 1. The third kappa shape index (κ3) is 4.15. The lowest BCUT2D eigenvalue weighted by Gasteiger charge is -2.35. The van der Waals surface area contributed by atoms with Crippen molar-refractivity contribution >= 4 is 45.3 Å². The Morgan fingerprint density at radius 2 is 1.19 bits per heavy atom. The SMILES string of the molecule is CC1CCCC2=C1C(C)(C)C1=C2CCc2c1n(-c1cccc([Si](c3ccccc3)(c3ccccc3)c3ccccc3)c1)c1ccccc21. The average Bonchev–Trinajstić information content (AvgIpc) is 3.59. The maximum Gasteiger partial charge on any atom is 0.179 e. The minimum Gasteiger partial charge on any atom is -0.309 e. The molecular formula is C46H43NSi. The summed E-state index contributed by atoms with van der Waals surface area (Å²) in [4.78, 5) is 0. The molecule has 1 unspecified atom stereocenters. The van der Waals surface area contributed by atoms with Crippen molar-refractivity contribution in [1.82, 2.24) is 4.57 Å². The van der Waals surface area contributed by atoms with Crippen molar-refractivity contribution in [2.45, 2.75) is 52.9 Å². The Balaban J connectivity index is 1.34. The largest absolute Gasteiger partial charge is 0.309 e. The van der Waals surface area contributed by atoms with E-state index in [4.69, 9.17) is 0 Å². The molecule has 9 rings (SSSR count). The molecule has 0 fully saturated rings. The molecule has 3 aliphatic rings. The van der Waals surface area contributed by atoms with Crippen LogP contribution in [0, 0.1) is 11.3 Å². The van der Waals surface area contributed by atoms with Crippen LogP contribution in [-0.4, -0.2) is 12.6 Å². The maximum atomic E-state index is 2.66. The highest BCUT2D eigenvalue weighted by Crippen LogP contribution is 2.61. The van der Waals surface area contributed by atoms with Crippen LogP contribution in [-0.2, 0) is 6.42 Å². The Morgan fingerprint density at radius 1 is 0.604 bits per heavy atom. The second-order valence-corrected chi connectivity index (χ2v) is 18.6. The first-order valence-electron chi connectivity index (χ1n) is 17.9. The van der Waals surface area contributed by atoms with E-state index in [1.54, 1.807) is 22.3 Å². The first-order valence-corrected chi connectivity index (χ1v) is 19.9. The third-order valence-electron chi connectivity index (χ3n) is 11.8. The van der Waals surface area contributed by atoms with Crippen LogP contribution < -0.4 is 20.7 Å². The molecule has 0 N–H and O–H groups in total. The third-order valence-corrected chi connectivity index (χ3v) is 16.6. The number of benzene rings is 5. The van der Waals surface area contributed by atoms with E-state index < -0.39 is 8.07 Å². The van der Waals surface area contributed by atoms with Crippen molar-refractivity contribution in [3.05, 3.63) is 168 Å². The number of aromatic nitrogens is 1. The molecule has 0 amide bonds. The molecule has 2 heteroatoms. The zero-order valence-electron chi connectivity index (χ0n) is 28.3. The van der Waals surface area contributed by atoms with Gasteiger partial charge in [-0.25, -0.2) is 0 Å². The Bertz CT molecular complexity index is 2140. The summed E-state index contributed by atoms with van der Waals surface area (Å²) < 4.78 is 2.66. The second kappa shape index (κ2) is 11.2. The second-order valence-electron chi connectivity index (χ2n) is 14.7. The molecule has 1 nitrogen and oxygen atoms in total. The number of para-hydroxylation sites is 1. The summed E-state index contributed by atoms with van der Waals surface area (Å²) in [6, 6.07) is 52.8. The van der Waals surface area contributed by atoms with Gasteiger partial charge < -0.3 is 4.57 Å². The summed E-state index contributed by atoms with van der Waals surface area (Å²) in [5, 5.41) is 7.05. The molecule has 0 aliphatic heterocycles. The molecule has 0 saturated heterocycles. The van der Waals surface area contributed by atoms with Gasteiger partial charge in [0.1, 0.15) is 0 Å². The van der Waals surface area contributed by atoms with Gasteiger partial charge in [-0.1, -0.05) is 148 Å². The van der Waals surface area contributed by atoms with E-state index in [9.17, 15) is 0 Å². The summed E-state index contributed by atoms with van der Waals surface area (Å²) in [7, 11) is -2.67. The summed E-state index contributed by atoms with van der Waals surface area (Å²) >= 11 is 0. The van der Waals surface area contributed by atoms with Gasteiger partial charge >= 0.3 is 0 Å². The Kier molecular flexibility index (Phi) is 6.88. The number of hydrogen-bond acceptors (Lipinski definition) is 0. The van der Waals surface area contributed by atoms with Crippen molar-refractivity contribution in [2.75, 3.05) is 0 Å². The van der Waals surface area contributed by atoms with Crippen LogP contribution in [0.3, 0.4) is 0 Å². The molecule has 48 heavy (non-hydrogen) atoms. The monoisotopic (exact) mass is 637 g/mol. The van der Waals surface area contributed by atoms with Gasteiger partial charge in [-0.15, -0.1) is 0 Å². The number of hydrogen-bond donors (Lipinski definition) is 0. The summed E-state index contributed by atoms with van der Waals surface area (Å²) in [5.74, 6) is 0.646. The Morgan fingerprint density at radius 3 is 1.83 bits per heavy atom. The van der Waals surface area contributed by atoms with Crippen LogP contribution in [0.4, 0.5) is 0 Å². The fourth-order valence-corrected chi connectivity index (χ4v) is 14.9. The Hall–Kier alpha value is -4.66. The molecule has 1 atom stereocenters. The number of nitrogens with zero attached hydrogens (tertiary/aromatic N) is 1. The zero-order valence-corrected chi connectivity index (χ0v) is 29.3. The van der Waals surface area contributed by atoms with Gasteiger partial charge in [-0.05, 0) is 99.3 Å². The molecule has 0 bridgehead atoms. The van der Waals surface area contributed by atoms with Gasteiger partial charge in [0.05, 0.1) is 11.2 Å². The van der Waals surface area contributed by atoms with Gasteiger partial charge in [0, 0.05) is 16.5 Å². The fraction of sp³-hybridized carbons (Fsp3) is 0.217. The van der Waals surface area contributed by atoms with Gasteiger partial charge in [0.25, 0.3) is 0 Å². The van der Waals surface area contributed by atoms with Crippen molar-refractivity contribution in [1.29, 1.82) is 0 Å². The van der Waals surface area contributed by atoms with Crippen molar-refractivity contribution in [2.24, 2.45) is 11.3 Å². The molecular weight excluding hydrogens is 595 g/mol. The molecule has 0 saturated carbocycles.